The van der Waals surface area contributed by atoms with Crippen LogP contribution in [0, 0.1) is 3.57 Å². The van der Waals surface area contributed by atoms with Crippen LogP contribution in [-0.4, -0.2) is 39.3 Å². The number of aliphatic imine (C=N–C) groups is 1. The number of benzene rings is 1. The molecular formula is C12H11IN2O3S. The Morgan fingerprint density at radius 2 is 2.11 bits per heavy atom. The average Bonchev–Trinajstić information content (AvgIpc) is 2.60. The summed E-state index contributed by atoms with van der Waals surface area (Å²) < 4.78 is 1.11. The summed E-state index contributed by atoms with van der Waals surface area (Å²) in [6.45, 7) is 0. The zero-order valence-corrected chi connectivity index (χ0v) is 13.0. The van der Waals surface area contributed by atoms with E-state index in [1.807, 2.05) is 24.3 Å². The van der Waals surface area contributed by atoms with Crippen molar-refractivity contribution in [2.45, 2.75) is 11.7 Å². The number of carbonyl (C=O) groups is 2. The first-order valence-electron chi connectivity index (χ1n) is 5.47. The lowest BCUT2D eigenvalue weighted by molar-refractivity contribution is -0.139. The van der Waals surface area contributed by atoms with Crippen LogP contribution < -0.4 is 0 Å². The van der Waals surface area contributed by atoms with Gasteiger partial charge in [-0.2, -0.15) is 0 Å². The van der Waals surface area contributed by atoms with Crippen molar-refractivity contribution >= 4 is 57.1 Å². The zero-order chi connectivity index (χ0) is 14.0. The van der Waals surface area contributed by atoms with E-state index in [4.69, 9.17) is 5.11 Å². The number of amides is 1. The Balaban J connectivity index is 2.19. The first-order valence-corrected chi connectivity index (χ1v) is 7.43. The Kier molecular flexibility index (Phi) is 4.46. The van der Waals surface area contributed by atoms with Gasteiger partial charge < -0.3 is 5.11 Å². The molecule has 1 heterocycles. The van der Waals surface area contributed by atoms with E-state index in [1.54, 1.807) is 7.05 Å². The quantitative estimate of drug-likeness (QED) is 0.805. The molecule has 0 spiro atoms. The highest BCUT2D eigenvalue weighted by Gasteiger charge is 2.36. The van der Waals surface area contributed by atoms with Gasteiger partial charge in [-0.25, -0.2) is 4.99 Å². The summed E-state index contributed by atoms with van der Waals surface area (Å²) in [4.78, 5) is 28.3. The third-order valence-electron chi connectivity index (χ3n) is 2.55. The average molecular weight is 390 g/mol. The van der Waals surface area contributed by atoms with Crippen LogP contribution in [0.15, 0.2) is 29.3 Å². The highest BCUT2D eigenvalue weighted by atomic mass is 127. The van der Waals surface area contributed by atoms with E-state index in [0.29, 0.717) is 5.17 Å². The van der Waals surface area contributed by atoms with Crippen molar-refractivity contribution in [2.24, 2.45) is 4.99 Å². The summed E-state index contributed by atoms with van der Waals surface area (Å²) in [7, 11) is 1.61. The minimum atomic E-state index is -0.977. The fourth-order valence-electron chi connectivity index (χ4n) is 1.58. The van der Waals surface area contributed by atoms with Gasteiger partial charge in [0.1, 0.15) is 5.25 Å². The number of rotatable bonds is 3. The number of hydrogen-bond acceptors (Lipinski definition) is 4. The topological polar surface area (TPSA) is 70.0 Å². The molecule has 0 radical (unpaired) electrons. The molecule has 1 saturated heterocycles. The van der Waals surface area contributed by atoms with E-state index in [1.165, 1.54) is 16.7 Å². The summed E-state index contributed by atoms with van der Waals surface area (Å²) in [6, 6.07) is 7.57. The third kappa shape index (κ3) is 3.47. The first kappa shape index (κ1) is 14.3. The van der Waals surface area contributed by atoms with Crippen LogP contribution in [0.4, 0.5) is 5.69 Å². The molecule has 1 aliphatic heterocycles. The third-order valence-corrected chi connectivity index (χ3v) is 4.50. The van der Waals surface area contributed by atoms with Crippen LogP contribution in [0.2, 0.25) is 0 Å². The Morgan fingerprint density at radius 3 is 2.68 bits per heavy atom. The van der Waals surface area contributed by atoms with Gasteiger partial charge in [0.25, 0.3) is 0 Å². The van der Waals surface area contributed by atoms with Crippen molar-refractivity contribution in [2.75, 3.05) is 7.05 Å². The van der Waals surface area contributed by atoms with Crippen LogP contribution in [0.25, 0.3) is 0 Å². The Labute approximate surface area is 128 Å². The minimum Gasteiger partial charge on any atom is -0.481 e. The van der Waals surface area contributed by atoms with Crippen molar-refractivity contribution < 1.29 is 14.7 Å². The maximum Gasteiger partial charge on any atom is 0.305 e. The number of carbonyl (C=O) groups excluding carboxylic acids is 1. The van der Waals surface area contributed by atoms with Gasteiger partial charge in [-0.05, 0) is 46.9 Å². The normalized spacial score (nSPS) is 21.2. The zero-order valence-electron chi connectivity index (χ0n) is 10.0. The highest BCUT2D eigenvalue weighted by molar-refractivity contribution is 14.1. The molecule has 0 unspecified atom stereocenters. The number of thioether (sulfide) groups is 1. The van der Waals surface area contributed by atoms with Crippen molar-refractivity contribution in [1.82, 2.24) is 4.90 Å². The summed E-state index contributed by atoms with van der Waals surface area (Å²) in [6.07, 6.45) is -0.181. The first-order chi connectivity index (χ1) is 8.97. The molecule has 0 aromatic heterocycles. The van der Waals surface area contributed by atoms with Crippen LogP contribution in [-0.2, 0) is 9.59 Å². The lowest BCUT2D eigenvalue weighted by Crippen LogP contribution is -2.28. The molecule has 5 nitrogen and oxygen atoms in total. The molecule has 1 N–H and O–H groups in total. The van der Waals surface area contributed by atoms with E-state index < -0.39 is 11.2 Å². The predicted octanol–water partition coefficient (Wildman–Crippen LogP) is 2.33. The van der Waals surface area contributed by atoms with Crippen LogP contribution in [0.1, 0.15) is 6.42 Å². The van der Waals surface area contributed by atoms with Gasteiger partial charge in [0.15, 0.2) is 5.17 Å². The molecule has 1 aliphatic rings. The van der Waals surface area contributed by atoms with E-state index >= 15 is 0 Å². The second-order valence-corrected chi connectivity index (χ2v) is 6.39. The van der Waals surface area contributed by atoms with Gasteiger partial charge in [-0.15, -0.1) is 0 Å². The van der Waals surface area contributed by atoms with Crippen molar-refractivity contribution in [1.29, 1.82) is 0 Å². The van der Waals surface area contributed by atoms with Crippen LogP contribution in [0.3, 0.4) is 0 Å². The van der Waals surface area contributed by atoms with Gasteiger partial charge in [-0.1, -0.05) is 11.8 Å². The molecule has 1 atom stereocenters. The number of carboxylic acid groups (broad SMARTS) is 1. The summed E-state index contributed by atoms with van der Waals surface area (Å²) >= 11 is 3.40. The molecule has 7 heteroatoms. The van der Waals surface area contributed by atoms with Gasteiger partial charge in [0.05, 0.1) is 12.1 Å². The van der Waals surface area contributed by atoms with Gasteiger partial charge in [-0.3, -0.25) is 14.5 Å². The standard InChI is InChI=1S/C12H11IN2O3S/c1-15-11(18)9(6-10(16)17)19-12(15)14-8-4-2-7(13)3-5-8/h2-5,9H,6H2,1H3,(H,16,17)/t9-/m0/s1. The monoisotopic (exact) mass is 390 g/mol. The van der Waals surface area contributed by atoms with Crippen molar-refractivity contribution in [3.05, 3.63) is 27.8 Å². The van der Waals surface area contributed by atoms with Crippen LogP contribution in [0.5, 0.6) is 0 Å². The van der Waals surface area contributed by atoms with E-state index in [9.17, 15) is 9.59 Å². The number of halogens is 1. The number of hydrogen-bond donors (Lipinski definition) is 1. The Morgan fingerprint density at radius 1 is 1.47 bits per heavy atom. The molecule has 1 aromatic rings. The fraction of sp³-hybridized carbons (Fsp3) is 0.250. The van der Waals surface area contributed by atoms with Gasteiger partial charge in [0.2, 0.25) is 5.91 Å². The fourth-order valence-corrected chi connectivity index (χ4v) is 3.09. The smallest absolute Gasteiger partial charge is 0.305 e. The van der Waals surface area contributed by atoms with Gasteiger partial charge >= 0.3 is 5.97 Å². The molecular weight excluding hydrogens is 379 g/mol. The van der Waals surface area contributed by atoms with Crippen molar-refractivity contribution in [3.63, 3.8) is 0 Å². The molecule has 0 aliphatic carbocycles. The lowest BCUT2D eigenvalue weighted by atomic mass is 10.3. The molecule has 0 saturated carbocycles. The Bertz CT molecular complexity index is 544. The Hall–Kier alpha value is -1.09. The largest absolute Gasteiger partial charge is 0.481 e. The molecule has 2 rings (SSSR count). The summed E-state index contributed by atoms with van der Waals surface area (Å²) in [5, 5.41) is 8.72. The molecule has 1 amide bonds. The number of nitrogens with zero attached hydrogens (tertiary/aromatic N) is 2. The van der Waals surface area contributed by atoms with E-state index in [-0.39, 0.29) is 12.3 Å². The second-order valence-electron chi connectivity index (χ2n) is 3.97. The van der Waals surface area contributed by atoms with Crippen molar-refractivity contribution in [3.8, 4) is 0 Å². The molecule has 100 valence electrons. The molecule has 1 fully saturated rings. The number of carboxylic acids is 1. The predicted molar refractivity (Wildman–Crippen MR) is 82.7 cm³/mol. The number of amidine groups is 1. The maximum atomic E-state index is 11.9. The molecule has 0 bridgehead atoms. The van der Waals surface area contributed by atoms with Crippen LogP contribution >= 0.6 is 34.4 Å². The molecule has 1 aromatic carbocycles. The van der Waals surface area contributed by atoms with E-state index in [0.717, 1.165) is 9.26 Å². The number of aliphatic carboxylic acids is 1. The maximum absolute atomic E-state index is 11.9. The van der Waals surface area contributed by atoms with Gasteiger partial charge in [0, 0.05) is 10.6 Å². The summed E-state index contributed by atoms with van der Waals surface area (Å²) in [5.41, 5.74) is 0.749. The summed E-state index contributed by atoms with van der Waals surface area (Å²) in [5.74, 6) is -1.19. The lowest BCUT2D eigenvalue weighted by Gasteiger charge is -2.08. The second kappa shape index (κ2) is 5.91. The molecule has 19 heavy (non-hydrogen) atoms. The highest BCUT2D eigenvalue weighted by Crippen LogP contribution is 2.30. The van der Waals surface area contributed by atoms with E-state index in [2.05, 4.69) is 27.6 Å². The SMILES string of the molecule is CN1C(=O)[C@H](CC(=O)O)SC1=Nc1ccc(I)cc1. The minimum absolute atomic E-state index is 0.181.